The Kier molecular flexibility index (Phi) is 7.09. The van der Waals surface area contributed by atoms with Gasteiger partial charge in [0.05, 0.1) is 23.9 Å². The van der Waals surface area contributed by atoms with Gasteiger partial charge in [-0.1, -0.05) is 11.6 Å². The first-order valence-electron chi connectivity index (χ1n) is 10.1. The minimum atomic E-state index is -4.94. The molecule has 2 N–H and O–H groups in total. The summed E-state index contributed by atoms with van der Waals surface area (Å²) in [5.74, 6) is -1.30. The number of nitrogens with zero attached hydrogens (tertiary/aromatic N) is 5. The van der Waals surface area contributed by atoms with E-state index in [-0.39, 0.29) is 34.2 Å². The lowest BCUT2D eigenvalue weighted by Crippen LogP contribution is -2.25. The van der Waals surface area contributed by atoms with Crippen molar-refractivity contribution in [1.82, 2.24) is 19.3 Å². The zero-order valence-corrected chi connectivity index (χ0v) is 19.9. The smallest absolute Gasteiger partial charge is 0.451 e. The molecule has 3 aromatic heterocycles. The number of halogens is 4. The molecule has 4 rings (SSSR count). The van der Waals surface area contributed by atoms with Crippen LogP contribution in [0.4, 0.5) is 13.2 Å². The highest BCUT2D eigenvalue weighted by Crippen LogP contribution is 2.37. The van der Waals surface area contributed by atoms with Crippen molar-refractivity contribution in [3.63, 3.8) is 0 Å². The number of hydrogen-bond donors (Lipinski definition) is 2. The first kappa shape index (κ1) is 26.3. The first-order chi connectivity index (χ1) is 17.4. The van der Waals surface area contributed by atoms with Gasteiger partial charge in [0.2, 0.25) is 5.75 Å². The molecule has 11 nitrogen and oxygen atoms in total. The molecule has 4 aromatic rings. The van der Waals surface area contributed by atoms with Crippen molar-refractivity contribution in [2.24, 2.45) is 0 Å². The van der Waals surface area contributed by atoms with E-state index in [1.54, 1.807) is 12.1 Å². The van der Waals surface area contributed by atoms with Gasteiger partial charge in [-0.05, 0) is 36.4 Å². The van der Waals surface area contributed by atoms with E-state index in [4.69, 9.17) is 31.4 Å². The Morgan fingerprint density at radius 3 is 2.65 bits per heavy atom. The Labute approximate surface area is 210 Å². The van der Waals surface area contributed by atoms with Crippen LogP contribution in [0.15, 0.2) is 53.6 Å². The number of fused-ring (bicyclic) bond motifs is 1. The Hall–Kier alpha value is -3.73. The summed E-state index contributed by atoms with van der Waals surface area (Å²) in [7, 11) is -4.84. The lowest BCUT2D eigenvalue weighted by atomic mass is 10.2. The zero-order chi connectivity index (χ0) is 27.0. The maximum absolute atomic E-state index is 13.7. The Bertz CT molecular complexity index is 1640. The lowest BCUT2D eigenvalue weighted by molar-refractivity contribution is -0.138. The monoisotopic (exact) mass is 555 g/mol. The molecule has 0 unspecified atom stereocenters. The largest absolute Gasteiger partial charge is 0.471 e. The Morgan fingerprint density at radius 2 is 1.97 bits per heavy atom. The van der Waals surface area contributed by atoms with Gasteiger partial charge in [-0.15, -0.1) is 0 Å². The van der Waals surface area contributed by atoms with Crippen LogP contribution in [-0.2, 0) is 28.5 Å². The van der Waals surface area contributed by atoms with E-state index in [1.807, 2.05) is 0 Å². The standard InChI is InChI=1S/C21H14ClF3N5O6P/c22-13-6-12(9-26)7-14(8-13)36-18-16(21(23,24)25)3-5-29(20(18)31)10-17-15-2-1-4-27-19(15)30(28-17)11-35-37(32,33)34/h1-8H,10-11H2,(H2,32,33,34). The number of phosphoric acid groups is 1. The van der Waals surface area contributed by atoms with Gasteiger partial charge in [0.15, 0.2) is 12.4 Å². The molecule has 0 bridgehead atoms. The van der Waals surface area contributed by atoms with Gasteiger partial charge in [-0.25, -0.2) is 14.2 Å². The highest BCUT2D eigenvalue weighted by atomic mass is 35.5. The third kappa shape index (κ3) is 5.99. The van der Waals surface area contributed by atoms with Crippen LogP contribution >= 0.6 is 19.4 Å². The molecule has 3 heterocycles. The number of phosphoric ester groups is 1. The van der Waals surface area contributed by atoms with Gasteiger partial charge in [-0.3, -0.25) is 9.32 Å². The fourth-order valence-corrected chi connectivity index (χ4v) is 3.86. The molecule has 0 spiro atoms. The normalized spacial score (nSPS) is 12.0. The molecule has 0 aliphatic heterocycles. The summed E-state index contributed by atoms with van der Waals surface area (Å²) in [6.07, 6.45) is -2.65. The zero-order valence-electron chi connectivity index (χ0n) is 18.3. The minimum Gasteiger partial charge on any atom is -0.451 e. The molecule has 0 saturated heterocycles. The second kappa shape index (κ2) is 9.97. The van der Waals surface area contributed by atoms with Gasteiger partial charge in [0, 0.05) is 22.8 Å². The van der Waals surface area contributed by atoms with Gasteiger partial charge < -0.3 is 19.1 Å². The van der Waals surface area contributed by atoms with Gasteiger partial charge in [0.25, 0.3) is 5.56 Å². The maximum Gasteiger partial charge on any atom is 0.471 e. The summed E-state index contributed by atoms with van der Waals surface area (Å²) in [5, 5.41) is 13.6. The van der Waals surface area contributed by atoms with Gasteiger partial charge in [-0.2, -0.15) is 23.5 Å². The number of ether oxygens (including phenoxy) is 1. The van der Waals surface area contributed by atoms with Crippen LogP contribution in [0.2, 0.25) is 5.02 Å². The number of rotatable bonds is 7. The summed E-state index contributed by atoms with van der Waals surface area (Å²) < 4.78 is 63.9. The Morgan fingerprint density at radius 1 is 1.22 bits per heavy atom. The molecule has 0 radical (unpaired) electrons. The van der Waals surface area contributed by atoms with Crippen molar-refractivity contribution in [2.45, 2.75) is 19.5 Å². The molecule has 16 heteroatoms. The highest BCUT2D eigenvalue weighted by molar-refractivity contribution is 7.46. The highest BCUT2D eigenvalue weighted by Gasteiger charge is 2.36. The summed E-state index contributed by atoms with van der Waals surface area (Å²) in [6.45, 7) is -1.03. The summed E-state index contributed by atoms with van der Waals surface area (Å²) in [6, 6.07) is 9.10. The quantitative estimate of drug-likeness (QED) is 0.322. The van der Waals surface area contributed by atoms with Crippen molar-refractivity contribution in [3.05, 3.63) is 81.0 Å². The molecule has 1 aromatic carbocycles. The van der Waals surface area contributed by atoms with Gasteiger partial charge in [0.1, 0.15) is 11.3 Å². The van der Waals surface area contributed by atoms with Crippen LogP contribution in [0.5, 0.6) is 11.5 Å². The number of nitriles is 1. The number of benzene rings is 1. The lowest BCUT2D eigenvalue weighted by Gasteiger charge is -2.15. The fraction of sp³-hybridized carbons (Fsp3) is 0.143. The number of hydrogen-bond acceptors (Lipinski definition) is 7. The molecule has 192 valence electrons. The number of aromatic nitrogens is 4. The van der Waals surface area contributed by atoms with Gasteiger partial charge >= 0.3 is 14.0 Å². The summed E-state index contributed by atoms with van der Waals surface area (Å²) >= 11 is 5.90. The third-order valence-electron chi connectivity index (χ3n) is 4.90. The van der Waals surface area contributed by atoms with Crippen LogP contribution in [0.3, 0.4) is 0 Å². The van der Waals surface area contributed by atoms with Crippen molar-refractivity contribution >= 4 is 30.5 Å². The van der Waals surface area contributed by atoms with E-state index in [1.165, 1.54) is 18.3 Å². The van der Waals surface area contributed by atoms with Crippen molar-refractivity contribution in [1.29, 1.82) is 5.26 Å². The SMILES string of the molecule is N#Cc1cc(Cl)cc(Oc2c(C(F)(F)F)ccn(Cc3nn(COP(=O)(O)O)c4ncccc34)c2=O)c1. The van der Waals surface area contributed by atoms with Crippen LogP contribution in [-0.4, -0.2) is 29.1 Å². The van der Waals surface area contributed by atoms with E-state index < -0.39 is 37.6 Å². The first-order valence-corrected chi connectivity index (χ1v) is 12.0. The molecule has 0 amide bonds. The Balaban J connectivity index is 1.78. The molecular weight excluding hydrogens is 542 g/mol. The molecule has 0 saturated carbocycles. The maximum atomic E-state index is 13.7. The van der Waals surface area contributed by atoms with Crippen LogP contribution < -0.4 is 10.3 Å². The fourth-order valence-electron chi connectivity index (χ4n) is 3.38. The van der Waals surface area contributed by atoms with Crippen LogP contribution in [0, 0.1) is 11.3 Å². The summed E-state index contributed by atoms with van der Waals surface area (Å²) in [5.41, 5.74) is -2.19. The minimum absolute atomic E-state index is 0.00866. The topological polar surface area (TPSA) is 152 Å². The average Bonchev–Trinajstić information content (AvgIpc) is 3.16. The van der Waals surface area contributed by atoms with E-state index in [0.29, 0.717) is 11.5 Å². The second-order valence-corrected chi connectivity index (χ2v) is 9.12. The second-order valence-electron chi connectivity index (χ2n) is 7.45. The molecule has 0 fully saturated rings. The van der Waals surface area contributed by atoms with Crippen molar-refractivity contribution < 1.29 is 36.8 Å². The molecule has 0 aliphatic carbocycles. The number of alkyl halides is 3. The molecule has 37 heavy (non-hydrogen) atoms. The van der Waals surface area contributed by atoms with E-state index >= 15 is 0 Å². The predicted octanol–water partition coefficient (Wildman–Crippen LogP) is 4.04. The van der Waals surface area contributed by atoms with E-state index in [0.717, 1.165) is 27.6 Å². The predicted molar refractivity (Wildman–Crippen MR) is 122 cm³/mol. The van der Waals surface area contributed by atoms with E-state index in [2.05, 4.69) is 14.6 Å². The van der Waals surface area contributed by atoms with Crippen LogP contribution in [0.1, 0.15) is 16.8 Å². The molecule has 0 atom stereocenters. The summed E-state index contributed by atoms with van der Waals surface area (Å²) in [4.78, 5) is 35.2. The van der Waals surface area contributed by atoms with E-state index in [9.17, 15) is 22.5 Å². The molecular formula is C21H14ClF3N5O6P. The average molecular weight is 556 g/mol. The molecule has 0 aliphatic rings. The van der Waals surface area contributed by atoms with Crippen LogP contribution in [0.25, 0.3) is 11.0 Å². The number of pyridine rings is 2. The van der Waals surface area contributed by atoms with Crippen molar-refractivity contribution in [2.75, 3.05) is 0 Å². The third-order valence-corrected chi connectivity index (χ3v) is 5.57. The van der Waals surface area contributed by atoms with Crippen molar-refractivity contribution in [3.8, 4) is 17.6 Å².